The zero-order valence-corrected chi connectivity index (χ0v) is 8.25. The lowest BCUT2D eigenvalue weighted by Gasteiger charge is -1.91. The highest BCUT2D eigenvalue weighted by atomic mass is 16.5. The molecule has 0 atom stereocenters. The standard InChI is InChI=1S/C11H20O/c1-3-4-5-6-7-8-9-10-11-12-2/h5-8H,3-4,9-11H2,1-2H3/b6-5+,8-7+. The van der Waals surface area contributed by atoms with Crippen molar-refractivity contribution in [3.05, 3.63) is 24.3 Å². The first-order chi connectivity index (χ1) is 5.91. The molecule has 0 aromatic carbocycles. The Bertz CT molecular complexity index is 125. The summed E-state index contributed by atoms with van der Waals surface area (Å²) in [5.41, 5.74) is 0. The minimum atomic E-state index is 0.864. The van der Waals surface area contributed by atoms with E-state index in [9.17, 15) is 0 Å². The van der Waals surface area contributed by atoms with Crippen molar-refractivity contribution in [2.75, 3.05) is 13.7 Å². The smallest absolute Gasteiger partial charge is 0.0465 e. The van der Waals surface area contributed by atoms with Crippen molar-refractivity contribution in [1.82, 2.24) is 0 Å². The van der Waals surface area contributed by atoms with E-state index in [1.54, 1.807) is 7.11 Å². The van der Waals surface area contributed by atoms with Crippen LogP contribution in [-0.2, 0) is 4.74 Å². The number of unbranched alkanes of at least 4 members (excludes halogenated alkanes) is 2. The highest BCUT2D eigenvalue weighted by molar-refractivity contribution is 5.01. The van der Waals surface area contributed by atoms with Crippen LogP contribution in [0.3, 0.4) is 0 Å². The molecule has 1 heteroatoms. The monoisotopic (exact) mass is 168 g/mol. The molecule has 0 fully saturated rings. The molecule has 0 heterocycles. The van der Waals surface area contributed by atoms with Gasteiger partial charge >= 0.3 is 0 Å². The lowest BCUT2D eigenvalue weighted by molar-refractivity contribution is 0.196. The molecule has 0 saturated heterocycles. The fourth-order valence-electron chi connectivity index (χ4n) is 0.862. The van der Waals surface area contributed by atoms with Gasteiger partial charge in [0.05, 0.1) is 0 Å². The first kappa shape index (κ1) is 11.4. The number of hydrogen-bond acceptors (Lipinski definition) is 1. The second-order valence-electron chi connectivity index (χ2n) is 2.78. The van der Waals surface area contributed by atoms with Crippen molar-refractivity contribution in [2.45, 2.75) is 32.6 Å². The van der Waals surface area contributed by atoms with Crippen LogP contribution in [0.4, 0.5) is 0 Å². The highest BCUT2D eigenvalue weighted by Crippen LogP contribution is 1.93. The molecule has 12 heavy (non-hydrogen) atoms. The maximum Gasteiger partial charge on any atom is 0.0465 e. The molecule has 0 aliphatic heterocycles. The molecular formula is C11H20O. The molecular weight excluding hydrogens is 148 g/mol. The molecule has 0 aliphatic rings. The summed E-state index contributed by atoms with van der Waals surface area (Å²) >= 11 is 0. The van der Waals surface area contributed by atoms with E-state index >= 15 is 0 Å². The van der Waals surface area contributed by atoms with Gasteiger partial charge in [0.15, 0.2) is 0 Å². The second-order valence-corrected chi connectivity index (χ2v) is 2.78. The van der Waals surface area contributed by atoms with Crippen LogP contribution in [0.5, 0.6) is 0 Å². The average molecular weight is 168 g/mol. The van der Waals surface area contributed by atoms with Crippen molar-refractivity contribution in [1.29, 1.82) is 0 Å². The number of allylic oxidation sites excluding steroid dienone is 4. The lowest BCUT2D eigenvalue weighted by Crippen LogP contribution is -1.85. The molecule has 70 valence electrons. The maximum atomic E-state index is 4.94. The predicted molar refractivity (Wildman–Crippen MR) is 54.3 cm³/mol. The van der Waals surface area contributed by atoms with Crippen LogP contribution in [-0.4, -0.2) is 13.7 Å². The summed E-state index contributed by atoms with van der Waals surface area (Å²) in [5.74, 6) is 0. The van der Waals surface area contributed by atoms with E-state index < -0.39 is 0 Å². The number of hydrogen-bond donors (Lipinski definition) is 0. The summed E-state index contributed by atoms with van der Waals surface area (Å²) in [6, 6.07) is 0. The van der Waals surface area contributed by atoms with Gasteiger partial charge < -0.3 is 4.74 Å². The zero-order valence-electron chi connectivity index (χ0n) is 8.25. The Hall–Kier alpha value is -0.560. The van der Waals surface area contributed by atoms with Gasteiger partial charge in [-0.3, -0.25) is 0 Å². The molecule has 1 nitrogen and oxygen atoms in total. The topological polar surface area (TPSA) is 9.23 Å². The third-order valence-corrected chi connectivity index (χ3v) is 1.56. The molecule has 0 bridgehead atoms. The SMILES string of the molecule is CCC/C=C/C=C/CCCOC. The molecule has 0 spiro atoms. The summed E-state index contributed by atoms with van der Waals surface area (Å²) in [7, 11) is 1.74. The van der Waals surface area contributed by atoms with Gasteiger partial charge in [-0.25, -0.2) is 0 Å². The fraction of sp³-hybridized carbons (Fsp3) is 0.636. The maximum absolute atomic E-state index is 4.94. The van der Waals surface area contributed by atoms with Gasteiger partial charge in [-0.2, -0.15) is 0 Å². The van der Waals surface area contributed by atoms with E-state index in [4.69, 9.17) is 4.74 Å². The Kier molecular flexibility index (Phi) is 9.95. The molecule has 0 N–H and O–H groups in total. The van der Waals surface area contributed by atoms with Crippen LogP contribution >= 0.6 is 0 Å². The van der Waals surface area contributed by atoms with Crippen LogP contribution < -0.4 is 0 Å². The van der Waals surface area contributed by atoms with E-state index in [1.807, 2.05) is 0 Å². The van der Waals surface area contributed by atoms with Gasteiger partial charge in [-0.1, -0.05) is 37.6 Å². The average Bonchev–Trinajstić information content (AvgIpc) is 2.10. The largest absolute Gasteiger partial charge is 0.385 e. The third kappa shape index (κ3) is 9.44. The normalized spacial score (nSPS) is 11.8. The first-order valence-electron chi connectivity index (χ1n) is 4.72. The molecule has 0 unspecified atom stereocenters. The Morgan fingerprint density at radius 2 is 1.75 bits per heavy atom. The zero-order chi connectivity index (χ0) is 9.07. The summed E-state index contributed by atoms with van der Waals surface area (Å²) in [4.78, 5) is 0. The minimum Gasteiger partial charge on any atom is -0.385 e. The Balaban J connectivity index is 3.13. The fourth-order valence-corrected chi connectivity index (χ4v) is 0.862. The first-order valence-corrected chi connectivity index (χ1v) is 4.72. The van der Waals surface area contributed by atoms with E-state index in [1.165, 1.54) is 12.8 Å². The predicted octanol–water partition coefficient (Wildman–Crippen LogP) is 3.33. The molecule has 0 amide bonds. The van der Waals surface area contributed by atoms with Gasteiger partial charge in [-0.15, -0.1) is 0 Å². The van der Waals surface area contributed by atoms with Crippen molar-refractivity contribution < 1.29 is 4.74 Å². The van der Waals surface area contributed by atoms with Gasteiger partial charge in [0.2, 0.25) is 0 Å². The highest BCUT2D eigenvalue weighted by Gasteiger charge is 1.79. The molecule has 0 aromatic heterocycles. The van der Waals surface area contributed by atoms with E-state index in [0.29, 0.717) is 0 Å². The summed E-state index contributed by atoms with van der Waals surface area (Å²) < 4.78 is 4.94. The lowest BCUT2D eigenvalue weighted by atomic mass is 10.2. The van der Waals surface area contributed by atoms with Gasteiger partial charge in [0.1, 0.15) is 0 Å². The third-order valence-electron chi connectivity index (χ3n) is 1.56. The number of methoxy groups -OCH3 is 1. The van der Waals surface area contributed by atoms with E-state index in [0.717, 1.165) is 19.4 Å². The molecule has 0 aromatic rings. The Morgan fingerprint density at radius 1 is 1.08 bits per heavy atom. The van der Waals surface area contributed by atoms with Crippen LogP contribution in [0.15, 0.2) is 24.3 Å². The van der Waals surface area contributed by atoms with Gasteiger partial charge in [0.25, 0.3) is 0 Å². The van der Waals surface area contributed by atoms with Gasteiger partial charge in [-0.05, 0) is 19.3 Å². The summed E-state index contributed by atoms with van der Waals surface area (Å²) in [5, 5.41) is 0. The minimum absolute atomic E-state index is 0.864. The van der Waals surface area contributed by atoms with Gasteiger partial charge in [0, 0.05) is 13.7 Å². The van der Waals surface area contributed by atoms with Crippen molar-refractivity contribution in [3.8, 4) is 0 Å². The molecule has 0 rings (SSSR count). The van der Waals surface area contributed by atoms with Crippen molar-refractivity contribution >= 4 is 0 Å². The molecule has 0 aliphatic carbocycles. The second kappa shape index (κ2) is 10.4. The number of rotatable bonds is 7. The quantitative estimate of drug-likeness (QED) is 0.418. The van der Waals surface area contributed by atoms with E-state index in [2.05, 4.69) is 31.2 Å². The molecule has 0 radical (unpaired) electrons. The Morgan fingerprint density at radius 3 is 2.33 bits per heavy atom. The van der Waals surface area contributed by atoms with E-state index in [-0.39, 0.29) is 0 Å². The Labute approximate surface area is 76.1 Å². The van der Waals surface area contributed by atoms with Crippen LogP contribution in [0.1, 0.15) is 32.6 Å². The number of ether oxygens (including phenoxy) is 1. The van der Waals surface area contributed by atoms with Crippen LogP contribution in [0.25, 0.3) is 0 Å². The van der Waals surface area contributed by atoms with Crippen molar-refractivity contribution in [3.63, 3.8) is 0 Å². The van der Waals surface area contributed by atoms with Crippen LogP contribution in [0.2, 0.25) is 0 Å². The summed E-state index contributed by atoms with van der Waals surface area (Å²) in [6.45, 7) is 3.05. The van der Waals surface area contributed by atoms with Crippen LogP contribution in [0, 0.1) is 0 Å². The van der Waals surface area contributed by atoms with Crippen molar-refractivity contribution in [2.24, 2.45) is 0 Å². The molecule has 0 saturated carbocycles. The summed E-state index contributed by atoms with van der Waals surface area (Å²) in [6.07, 6.45) is 13.3.